The summed E-state index contributed by atoms with van der Waals surface area (Å²) >= 11 is 0. The fraction of sp³-hybridized carbons (Fsp3) is 0.500. The van der Waals surface area contributed by atoms with Crippen molar-refractivity contribution in [1.29, 1.82) is 0 Å². The molecule has 2 aromatic rings. The first-order valence-electron chi connectivity index (χ1n) is 7.64. The zero-order chi connectivity index (χ0) is 16.9. The predicted octanol–water partition coefficient (Wildman–Crippen LogP) is 0.382. The van der Waals surface area contributed by atoms with Crippen molar-refractivity contribution < 1.29 is 25.2 Å². The number of hydrogen-bond acceptors (Lipinski definition) is 6. The first-order chi connectivity index (χ1) is 11.0. The van der Waals surface area contributed by atoms with Gasteiger partial charge in [0.15, 0.2) is 0 Å². The minimum Gasteiger partial charge on any atom is -0.417 e. The summed E-state index contributed by atoms with van der Waals surface area (Å²) in [6.07, 6.45) is 2.29. The summed E-state index contributed by atoms with van der Waals surface area (Å²) in [7, 11) is 1.00. The third kappa shape index (κ3) is 4.92. The highest BCUT2D eigenvalue weighted by molar-refractivity contribution is 5.84. The summed E-state index contributed by atoms with van der Waals surface area (Å²) in [6.45, 7) is 3.35. The van der Waals surface area contributed by atoms with Gasteiger partial charge in [-0.2, -0.15) is 0 Å². The first-order valence-corrected chi connectivity index (χ1v) is 7.64. The van der Waals surface area contributed by atoms with E-state index in [1.807, 2.05) is 6.20 Å². The quantitative estimate of drug-likeness (QED) is 0.509. The lowest BCUT2D eigenvalue weighted by atomic mass is 10.1. The lowest BCUT2D eigenvalue weighted by Crippen LogP contribution is -2.34. The molecule has 128 valence electrons. The van der Waals surface area contributed by atoms with Gasteiger partial charge in [0.2, 0.25) is 0 Å². The molecule has 1 aromatic heterocycles. The summed E-state index contributed by atoms with van der Waals surface area (Å²) < 4.78 is 4.65. The number of ether oxygens (including phenoxy) is 1. The van der Waals surface area contributed by atoms with Crippen molar-refractivity contribution >= 4 is 10.9 Å². The van der Waals surface area contributed by atoms with E-state index in [1.54, 1.807) is 18.2 Å². The molecule has 3 rings (SSSR count). The largest absolute Gasteiger partial charge is 0.453 e. The fourth-order valence-corrected chi connectivity index (χ4v) is 2.87. The van der Waals surface area contributed by atoms with Gasteiger partial charge in [-0.05, 0) is 56.1 Å². The van der Waals surface area contributed by atoms with Crippen LogP contribution < -0.4 is 4.74 Å². The molecule has 0 unspecified atom stereocenters. The van der Waals surface area contributed by atoms with E-state index in [0.717, 1.165) is 36.5 Å². The van der Waals surface area contributed by atoms with Crippen LogP contribution in [0.5, 0.6) is 5.75 Å². The van der Waals surface area contributed by atoms with Gasteiger partial charge in [0.1, 0.15) is 5.75 Å². The van der Waals surface area contributed by atoms with Crippen LogP contribution in [0.2, 0.25) is 0 Å². The van der Waals surface area contributed by atoms with Gasteiger partial charge < -0.3 is 35.0 Å². The number of aliphatic hydroxyl groups is 4. The molecule has 0 saturated carbocycles. The standard InChI is InChI=1S/C15H20N2O4.CH4O/c18-15(19,20)21-12-3-4-14-13(9-12)11(10-16-14)5-8-17-6-1-2-7-17;1-2/h3-4,9-10,16,18-20H,1-2,5-8H2;2H,1H3. The number of aliphatic hydroxyl groups excluding tert-OH is 1. The van der Waals surface area contributed by atoms with Crippen LogP contribution in [-0.2, 0) is 6.42 Å². The Morgan fingerprint density at radius 3 is 2.52 bits per heavy atom. The Hall–Kier alpha value is -1.64. The zero-order valence-electron chi connectivity index (χ0n) is 13.2. The molecule has 1 aliphatic heterocycles. The highest BCUT2D eigenvalue weighted by atomic mass is 16.9. The summed E-state index contributed by atoms with van der Waals surface area (Å²) in [5, 5.41) is 34.6. The number of fused-ring (bicyclic) bond motifs is 1. The topological polar surface area (TPSA) is 109 Å². The van der Waals surface area contributed by atoms with Gasteiger partial charge in [-0.1, -0.05) is 0 Å². The number of aromatic amines is 1. The van der Waals surface area contributed by atoms with Gasteiger partial charge in [0.05, 0.1) is 0 Å². The van der Waals surface area contributed by atoms with Gasteiger partial charge >= 0.3 is 6.16 Å². The van der Waals surface area contributed by atoms with Crippen LogP contribution in [-0.4, -0.2) is 63.2 Å². The van der Waals surface area contributed by atoms with Crippen LogP contribution in [0.25, 0.3) is 10.9 Å². The molecule has 1 fully saturated rings. The second-order valence-corrected chi connectivity index (χ2v) is 5.50. The normalized spacial score (nSPS) is 15.5. The van der Waals surface area contributed by atoms with Crippen LogP contribution in [0.1, 0.15) is 18.4 Å². The number of H-pyrrole nitrogens is 1. The molecule has 0 bridgehead atoms. The Morgan fingerprint density at radius 1 is 1.17 bits per heavy atom. The Kier molecular flexibility index (Phi) is 5.97. The first kappa shape index (κ1) is 17.7. The van der Waals surface area contributed by atoms with Crippen molar-refractivity contribution in [2.24, 2.45) is 0 Å². The number of nitrogens with zero attached hydrogens (tertiary/aromatic N) is 1. The number of aromatic nitrogens is 1. The molecule has 7 heteroatoms. The summed E-state index contributed by atoms with van der Waals surface area (Å²) in [5.74, 6) is 0.206. The molecule has 0 radical (unpaired) electrons. The van der Waals surface area contributed by atoms with Gasteiger partial charge in [-0.15, -0.1) is 0 Å². The average Bonchev–Trinajstić information content (AvgIpc) is 3.14. The molecule has 1 saturated heterocycles. The molecular formula is C16H24N2O5. The third-order valence-electron chi connectivity index (χ3n) is 3.89. The molecule has 0 aliphatic carbocycles. The highest BCUT2D eigenvalue weighted by Gasteiger charge is 2.21. The van der Waals surface area contributed by atoms with Crippen molar-refractivity contribution in [2.75, 3.05) is 26.7 Å². The predicted molar refractivity (Wildman–Crippen MR) is 85.8 cm³/mol. The fourth-order valence-electron chi connectivity index (χ4n) is 2.87. The smallest absolute Gasteiger partial charge is 0.417 e. The van der Waals surface area contributed by atoms with E-state index >= 15 is 0 Å². The number of likely N-dealkylation sites (tertiary alicyclic amines) is 1. The maximum Gasteiger partial charge on any atom is 0.453 e. The summed E-state index contributed by atoms with van der Waals surface area (Å²) in [4.78, 5) is 5.64. The van der Waals surface area contributed by atoms with E-state index < -0.39 is 6.16 Å². The molecule has 0 atom stereocenters. The van der Waals surface area contributed by atoms with E-state index in [1.165, 1.54) is 25.9 Å². The number of rotatable bonds is 5. The Balaban J connectivity index is 0.000000924. The SMILES string of the molecule is CO.OC(O)(O)Oc1ccc2[nH]cc(CCN3CCCC3)c2c1. The second-order valence-electron chi connectivity index (χ2n) is 5.50. The lowest BCUT2D eigenvalue weighted by Gasteiger charge is -2.16. The lowest BCUT2D eigenvalue weighted by molar-refractivity contribution is -0.419. The molecule has 0 spiro atoms. The van der Waals surface area contributed by atoms with Gasteiger partial charge in [0, 0.05) is 30.8 Å². The van der Waals surface area contributed by atoms with E-state index in [4.69, 9.17) is 20.4 Å². The third-order valence-corrected chi connectivity index (χ3v) is 3.89. The van der Waals surface area contributed by atoms with Crippen LogP contribution in [0.4, 0.5) is 0 Å². The maximum absolute atomic E-state index is 8.88. The van der Waals surface area contributed by atoms with Gasteiger partial charge in [0.25, 0.3) is 0 Å². The zero-order valence-corrected chi connectivity index (χ0v) is 13.2. The van der Waals surface area contributed by atoms with E-state index in [2.05, 4.69) is 14.6 Å². The van der Waals surface area contributed by atoms with Crippen molar-refractivity contribution in [3.05, 3.63) is 30.0 Å². The van der Waals surface area contributed by atoms with E-state index in [9.17, 15) is 0 Å². The Bertz CT molecular complexity index is 614. The van der Waals surface area contributed by atoms with Gasteiger partial charge in [-0.3, -0.25) is 0 Å². The van der Waals surface area contributed by atoms with Crippen molar-refractivity contribution in [1.82, 2.24) is 9.88 Å². The van der Waals surface area contributed by atoms with E-state index in [-0.39, 0.29) is 5.75 Å². The molecule has 7 nitrogen and oxygen atoms in total. The Labute approximate surface area is 134 Å². The molecule has 2 heterocycles. The molecular weight excluding hydrogens is 300 g/mol. The van der Waals surface area contributed by atoms with Crippen LogP contribution in [0, 0.1) is 0 Å². The van der Waals surface area contributed by atoms with Crippen LogP contribution in [0.15, 0.2) is 24.4 Å². The maximum atomic E-state index is 8.88. The monoisotopic (exact) mass is 324 g/mol. The van der Waals surface area contributed by atoms with Crippen LogP contribution in [0.3, 0.4) is 0 Å². The Morgan fingerprint density at radius 2 is 1.87 bits per heavy atom. The molecule has 0 amide bonds. The number of nitrogens with one attached hydrogen (secondary N) is 1. The van der Waals surface area contributed by atoms with E-state index in [0.29, 0.717) is 0 Å². The van der Waals surface area contributed by atoms with Crippen molar-refractivity contribution in [2.45, 2.75) is 25.4 Å². The molecule has 1 aliphatic rings. The number of hydrogen-bond donors (Lipinski definition) is 5. The van der Waals surface area contributed by atoms with Crippen molar-refractivity contribution in [3.63, 3.8) is 0 Å². The summed E-state index contributed by atoms with van der Waals surface area (Å²) in [6, 6.07) is 5.05. The molecule has 23 heavy (non-hydrogen) atoms. The number of benzene rings is 1. The van der Waals surface area contributed by atoms with Crippen LogP contribution >= 0.6 is 0 Å². The molecule has 5 N–H and O–H groups in total. The van der Waals surface area contributed by atoms with Gasteiger partial charge in [-0.25, -0.2) is 0 Å². The minimum atomic E-state index is -3.15. The van der Waals surface area contributed by atoms with Crippen molar-refractivity contribution in [3.8, 4) is 5.75 Å². The molecule has 1 aromatic carbocycles. The summed E-state index contributed by atoms with van der Waals surface area (Å²) in [5.41, 5.74) is 2.11. The second kappa shape index (κ2) is 7.76. The minimum absolute atomic E-state index is 0.206. The average molecular weight is 324 g/mol. The highest BCUT2D eigenvalue weighted by Crippen LogP contribution is 2.25.